The summed E-state index contributed by atoms with van der Waals surface area (Å²) in [6.07, 6.45) is -0.415. The van der Waals surface area contributed by atoms with Gasteiger partial charge in [-0.3, -0.25) is 0 Å². The Hall–Kier alpha value is -4.14. The quantitative estimate of drug-likeness (QED) is 0.301. The van der Waals surface area contributed by atoms with E-state index in [1.807, 2.05) is 0 Å². The van der Waals surface area contributed by atoms with Crippen molar-refractivity contribution in [2.75, 3.05) is 0 Å². The minimum absolute atomic E-state index is 0.00701. The number of benzene rings is 3. The molecule has 0 spiro atoms. The second-order valence-electron chi connectivity index (χ2n) is 6.82. The van der Waals surface area contributed by atoms with Crippen molar-refractivity contribution in [1.82, 2.24) is 0 Å². The standard InChI is InChI=1S/C21H20O9/c22-9-3-15(24)11(16(25)4-9)1-2-12-19(28)8-20(29)14(21(12)30)7-13-17(26)5-10(23)6-18(13)27/h3-6,8,22-30H,1-2,7H2. The lowest BCUT2D eigenvalue weighted by Crippen LogP contribution is -1.98. The highest BCUT2D eigenvalue weighted by Gasteiger charge is 2.21. The van der Waals surface area contributed by atoms with E-state index in [2.05, 4.69) is 0 Å². The molecule has 0 radical (unpaired) electrons. The Morgan fingerprint density at radius 2 is 0.767 bits per heavy atom. The first kappa shape index (κ1) is 20.6. The van der Waals surface area contributed by atoms with Crippen molar-refractivity contribution in [2.24, 2.45) is 0 Å². The van der Waals surface area contributed by atoms with Crippen LogP contribution in [-0.2, 0) is 19.3 Å². The first-order valence-electron chi connectivity index (χ1n) is 8.81. The van der Waals surface area contributed by atoms with Gasteiger partial charge in [0.15, 0.2) is 0 Å². The van der Waals surface area contributed by atoms with Crippen molar-refractivity contribution in [3.63, 3.8) is 0 Å². The highest BCUT2D eigenvalue weighted by Crippen LogP contribution is 2.43. The van der Waals surface area contributed by atoms with Gasteiger partial charge in [-0.05, 0) is 12.8 Å². The molecule has 0 aliphatic carbocycles. The molecule has 158 valence electrons. The average Bonchev–Trinajstić information content (AvgIpc) is 2.61. The van der Waals surface area contributed by atoms with Gasteiger partial charge in [0.2, 0.25) is 0 Å². The largest absolute Gasteiger partial charge is 0.508 e. The molecule has 0 aliphatic rings. The van der Waals surface area contributed by atoms with Gasteiger partial charge in [0.25, 0.3) is 0 Å². The van der Waals surface area contributed by atoms with Crippen molar-refractivity contribution in [3.05, 3.63) is 52.6 Å². The average molecular weight is 416 g/mol. The molecule has 0 heterocycles. The van der Waals surface area contributed by atoms with Crippen LogP contribution in [0.1, 0.15) is 22.3 Å². The van der Waals surface area contributed by atoms with Gasteiger partial charge in [-0.2, -0.15) is 0 Å². The molecule has 0 amide bonds. The Labute approximate surface area is 170 Å². The third-order valence-corrected chi connectivity index (χ3v) is 4.82. The molecule has 9 N–H and O–H groups in total. The van der Waals surface area contributed by atoms with E-state index in [0.29, 0.717) is 0 Å². The molecule has 0 saturated carbocycles. The Morgan fingerprint density at radius 3 is 1.27 bits per heavy atom. The first-order chi connectivity index (χ1) is 14.1. The van der Waals surface area contributed by atoms with E-state index in [1.165, 1.54) is 0 Å². The number of hydrogen-bond acceptors (Lipinski definition) is 9. The highest BCUT2D eigenvalue weighted by molar-refractivity contribution is 5.60. The summed E-state index contributed by atoms with van der Waals surface area (Å²) in [6.45, 7) is 0. The molecule has 0 fully saturated rings. The maximum absolute atomic E-state index is 10.6. The molecule has 0 unspecified atom stereocenters. The Balaban J connectivity index is 1.97. The first-order valence-corrected chi connectivity index (χ1v) is 8.81. The number of phenolic OH excluding ortho intramolecular Hbond substituents is 9. The van der Waals surface area contributed by atoms with E-state index >= 15 is 0 Å². The van der Waals surface area contributed by atoms with Gasteiger partial charge in [0.1, 0.15) is 51.7 Å². The van der Waals surface area contributed by atoms with E-state index in [9.17, 15) is 46.0 Å². The van der Waals surface area contributed by atoms with Gasteiger partial charge in [0, 0.05) is 59.0 Å². The third-order valence-electron chi connectivity index (χ3n) is 4.82. The normalized spacial score (nSPS) is 10.9. The van der Waals surface area contributed by atoms with Crippen LogP contribution in [0, 0.1) is 0 Å². The smallest absolute Gasteiger partial charge is 0.129 e. The van der Waals surface area contributed by atoms with Crippen LogP contribution >= 0.6 is 0 Å². The van der Waals surface area contributed by atoms with E-state index in [4.69, 9.17) is 0 Å². The maximum Gasteiger partial charge on any atom is 0.129 e. The topological polar surface area (TPSA) is 182 Å². The Morgan fingerprint density at radius 1 is 0.400 bits per heavy atom. The van der Waals surface area contributed by atoms with Crippen molar-refractivity contribution >= 4 is 0 Å². The molecule has 3 rings (SSSR count). The molecule has 30 heavy (non-hydrogen) atoms. The molecule has 0 aliphatic heterocycles. The summed E-state index contributed by atoms with van der Waals surface area (Å²) >= 11 is 0. The molecule has 9 heteroatoms. The molecule has 0 bridgehead atoms. The lowest BCUT2D eigenvalue weighted by molar-refractivity contribution is 0.404. The van der Waals surface area contributed by atoms with E-state index in [-0.39, 0.29) is 64.5 Å². The van der Waals surface area contributed by atoms with Crippen molar-refractivity contribution in [3.8, 4) is 51.7 Å². The van der Waals surface area contributed by atoms with Gasteiger partial charge in [-0.1, -0.05) is 0 Å². The van der Waals surface area contributed by atoms with Gasteiger partial charge < -0.3 is 46.0 Å². The summed E-state index contributed by atoms with van der Waals surface area (Å²) in [6, 6.07) is 5.03. The fraction of sp³-hybridized carbons (Fsp3) is 0.143. The molecule has 9 nitrogen and oxygen atoms in total. The summed E-state index contributed by atoms with van der Waals surface area (Å²) in [5.41, 5.74) is -0.0930. The summed E-state index contributed by atoms with van der Waals surface area (Å²) in [7, 11) is 0. The monoisotopic (exact) mass is 416 g/mol. The SMILES string of the molecule is Oc1cc(O)c(CCc2c(O)cc(O)c(Cc3c(O)cc(O)cc3O)c2O)c(O)c1. The van der Waals surface area contributed by atoms with Crippen LogP contribution in [0.3, 0.4) is 0 Å². The number of rotatable bonds is 5. The highest BCUT2D eigenvalue weighted by atomic mass is 16.3. The third kappa shape index (κ3) is 3.86. The van der Waals surface area contributed by atoms with E-state index in [1.54, 1.807) is 0 Å². The molecule has 0 saturated heterocycles. The van der Waals surface area contributed by atoms with Crippen LogP contribution < -0.4 is 0 Å². The molecular weight excluding hydrogens is 396 g/mol. The Kier molecular flexibility index (Phi) is 5.29. The van der Waals surface area contributed by atoms with Crippen LogP contribution in [0.5, 0.6) is 51.7 Å². The number of phenols is 9. The van der Waals surface area contributed by atoms with Crippen LogP contribution in [0.25, 0.3) is 0 Å². The minimum Gasteiger partial charge on any atom is -0.508 e. The van der Waals surface area contributed by atoms with Gasteiger partial charge in [-0.25, -0.2) is 0 Å². The summed E-state index contributed by atoms with van der Waals surface area (Å²) in [5.74, 6) is -3.80. The summed E-state index contributed by atoms with van der Waals surface area (Å²) < 4.78 is 0. The van der Waals surface area contributed by atoms with Gasteiger partial charge in [-0.15, -0.1) is 0 Å². The van der Waals surface area contributed by atoms with Gasteiger partial charge in [0.05, 0.1) is 0 Å². The molecule has 0 atom stereocenters. The van der Waals surface area contributed by atoms with Crippen molar-refractivity contribution in [1.29, 1.82) is 0 Å². The van der Waals surface area contributed by atoms with E-state index < -0.39 is 28.7 Å². The summed E-state index contributed by atoms with van der Waals surface area (Å²) in [4.78, 5) is 0. The zero-order valence-corrected chi connectivity index (χ0v) is 15.5. The maximum atomic E-state index is 10.6. The fourth-order valence-electron chi connectivity index (χ4n) is 3.27. The number of aromatic hydroxyl groups is 9. The minimum atomic E-state index is -0.503. The second-order valence-corrected chi connectivity index (χ2v) is 6.82. The summed E-state index contributed by atoms with van der Waals surface area (Å²) in [5, 5.41) is 89.4. The number of hydrogen-bond donors (Lipinski definition) is 9. The van der Waals surface area contributed by atoms with Crippen LogP contribution in [0.4, 0.5) is 0 Å². The molecule has 0 aromatic heterocycles. The van der Waals surface area contributed by atoms with Crippen LogP contribution in [0.15, 0.2) is 30.3 Å². The lowest BCUT2D eigenvalue weighted by atomic mass is 9.95. The predicted octanol–water partition coefficient (Wildman–Crippen LogP) is 2.41. The van der Waals surface area contributed by atoms with Crippen molar-refractivity contribution in [2.45, 2.75) is 19.3 Å². The molecule has 3 aromatic carbocycles. The van der Waals surface area contributed by atoms with Crippen LogP contribution in [0.2, 0.25) is 0 Å². The predicted molar refractivity (Wildman–Crippen MR) is 105 cm³/mol. The zero-order valence-electron chi connectivity index (χ0n) is 15.5. The van der Waals surface area contributed by atoms with E-state index in [0.717, 1.165) is 30.3 Å². The van der Waals surface area contributed by atoms with Crippen LogP contribution in [-0.4, -0.2) is 46.0 Å². The fourth-order valence-corrected chi connectivity index (χ4v) is 3.27. The lowest BCUT2D eigenvalue weighted by Gasteiger charge is -2.16. The molecule has 3 aromatic rings. The zero-order chi connectivity index (χ0) is 22.2. The Bertz CT molecular complexity index is 1080. The second kappa shape index (κ2) is 7.70. The van der Waals surface area contributed by atoms with Crippen molar-refractivity contribution < 1.29 is 46.0 Å². The molecular formula is C21H20O9. The van der Waals surface area contributed by atoms with Gasteiger partial charge >= 0.3 is 0 Å².